The summed E-state index contributed by atoms with van der Waals surface area (Å²) in [7, 11) is -8.80. The van der Waals surface area contributed by atoms with E-state index in [4.69, 9.17) is 27.2 Å². The summed E-state index contributed by atoms with van der Waals surface area (Å²) < 4.78 is 63.2. The first kappa shape index (κ1) is 40.9. The first-order valence-electron chi connectivity index (χ1n) is 16.0. The molecule has 0 aliphatic carbocycles. The summed E-state index contributed by atoms with van der Waals surface area (Å²) in [6, 6.07) is -1.53. The minimum absolute atomic E-state index is 0.0131. The van der Waals surface area contributed by atoms with Crippen molar-refractivity contribution in [3.8, 4) is 0 Å². The van der Waals surface area contributed by atoms with Gasteiger partial charge in [0.1, 0.15) is 23.9 Å². The summed E-state index contributed by atoms with van der Waals surface area (Å²) in [6.45, 7) is 29.8. The topological polar surface area (TPSA) is 159 Å². The van der Waals surface area contributed by atoms with Gasteiger partial charge in [0.25, 0.3) is 10.1 Å². The molecule has 46 heavy (non-hydrogen) atoms. The number of amides is 1. The van der Waals surface area contributed by atoms with Crippen LogP contribution in [0.3, 0.4) is 0 Å². The zero-order valence-corrected chi connectivity index (χ0v) is 33.8. The van der Waals surface area contributed by atoms with Gasteiger partial charge in [-0.3, -0.25) is 9.08 Å². The van der Waals surface area contributed by atoms with Crippen molar-refractivity contribution < 1.29 is 40.5 Å². The Morgan fingerprint density at radius 3 is 1.96 bits per heavy atom. The van der Waals surface area contributed by atoms with Crippen LogP contribution in [0, 0.1) is 0 Å². The van der Waals surface area contributed by atoms with E-state index < -0.39 is 80.7 Å². The molecule has 1 amide bonds. The fourth-order valence-electron chi connectivity index (χ4n) is 5.16. The van der Waals surface area contributed by atoms with E-state index in [-0.39, 0.29) is 29.6 Å². The Labute approximate surface area is 279 Å². The second kappa shape index (κ2) is 13.9. The van der Waals surface area contributed by atoms with Gasteiger partial charge in [0.15, 0.2) is 22.4 Å². The predicted octanol–water partition coefficient (Wildman–Crippen LogP) is 6.95. The zero-order chi connectivity index (χ0) is 35.9. The van der Waals surface area contributed by atoms with Gasteiger partial charge in [-0.15, -0.1) is 0 Å². The van der Waals surface area contributed by atoms with Crippen molar-refractivity contribution >= 4 is 32.8 Å². The summed E-state index contributed by atoms with van der Waals surface area (Å²) in [5, 5.41) is 3.47. The summed E-state index contributed by atoms with van der Waals surface area (Å²) in [5.74, 6) is -1.00. The molecule has 268 valence electrons. The molecule has 2 aliphatic heterocycles. The lowest BCUT2D eigenvalue weighted by Gasteiger charge is -2.45. The third-order valence-electron chi connectivity index (χ3n) is 9.37. The Balaban J connectivity index is 2.77. The fourth-order valence-corrected chi connectivity index (χ4v) is 8.17. The number of nitrogens with zero attached hydrogens (tertiary/aromatic N) is 4. The van der Waals surface area contributed by atoms with Crippen LogP contribution in [0.4, 0.5) is 4.79 Å². The maximum atomic E-state index is 14.1. The highest BCUT2D eigenvalue weighted by Crippen LogP contribution is 2.46. The minimum Gasteiger partial charge on any atom is -0.444 e. The molecular weight excluding hydrogens is 649 g/mol. The molecule has 2 fully saturated rings. The highest BCUT2D eigenvalue weighted by molar-refractivity contribution is 7.86. The molecule has 2 heterocycles. The maximum Gasteiger partial charge on any atom is 0.411 e. The van der Waals surface area contributed by atoms with Crippen LogP contribution in [0.5, 0.6) is 0 Å². The van der Waals surface area contributed by atoms with Crippen LogP contribution in [0.15, 0.2) is 5.11 Å². The van der Waals surface area contributed by atoms with Crippen LogP contribution >= 0.6 is 0 Å². The number of carbonyl (C=O) groups excluding carboxylic acids is 1. The quantitative estimate of drug-likeness (QED) is 0.0687. The van der Waals surface area contributed by atoms with Crippen LogP contribution < -0.4 is 0 Å². The van der Waals surface area contributed by atoms with Crippen molar-refractivity contribution in [3.05, 3.63) is 10.4 Å². The van der Waals surface area contributed by atoms with E-state index in [9.17, 15) is 18.7 Å². The lowest BCUT2D eigenvalue weighted by Crippen LogP contribution is -2.58. The molecule has 2 rings (SSSR count). The van der Waals surface area contributed by atoms with Crippen LogP contribution in [0.1, 0.15) is 82.6 Å². The van der Waals surface area contributed by atoms with E-state index in [0.29, 0.717) is 0 Å². The molecule has 0 aromatic heterocycles. The summed E-state index contributed by atoms with van der Waals surface area (Å²) in [6.07, 6.45) is -2.64. The highest BCUT2D eigenvalue weighted by atomic mass is 32.2. The van der Waals surface area contributed by atoms with Gasteiger partial charge >= 0.3 is 6.09 Å². The summed E-state index contributed by atoms with van der Waals surface area (Å²) in [4.78, 5) is 18.5. The van der Waals surface area contributed by atoms with Crippen LogP contribution in [-0.4, -0.2) is 103 Å². The fraction of sp³-hybridized carbons (Fsp3) is 0.967. The van der Waals surface area contributed by atoms with E-state index in [1.807, 2.05) is 0 Å². The molecule has 0 aromatic rings. The van der Waals surface area contributed by atoms with E-state index >= 15 is 0 Å². The molecule has 0 unspecified atom stereocenters. The van der Waals surface area contributed by atoms with E-state index in [0.717, 1.165) is 6.26 Å². The Bertz CT molecular complexity index is 1240. The number of hydrogen-bond acceptors (Lipinski definition) is 10. The third-order valence-corrected chi connectivity index (χ3v) is 19.0. The first-order valence-corrected chi connectivity index (χ1v) is 23.6. The first-order chi connectivity index (χ1) is 20.4. The second-order valence-corrected chi connectivity index (χ2v) is 28.2. The van der Waals surface area contributed by atoms with Gasteiger partial charge < -0.3 is 23.1 Å². The molecule has 2 aliphatic rings. The van der Waals surface area contributed by atoms with Crippen molar-refractivity contribution in [2.75, 3.05) is 19.4 Å². The number of ether oxygens (including phenoxy) is 3. The second-order valence-electron chi connectivity index (χ2n) is 17.1. The van der Waals surface area contributed by atoms with Gasteiger partial charge in [0, 0.05) is 17.9 Å². The van der Waals surface area contributed by atoms with Crippen molar-refractivity contribution in [1.29, 1.82) is 0 Å². The predicted molar refractivity (Wildman–Crippen MR) is 183 cm³/mol. The van der Waals surface area contributed by atoms with Gasteiger partial charge in [-0.1, -0.05) is 46.7 Å². The third kappa shape index (κ3) is 10.6. The van der Waals surface area contributed by atoms with Gasteiger partial charge in [-0.25, -0.2) is 4.79 Å². The lowest BCUT2D eigenvalue weighted by molar-refractivity contribution is -0.172. The molecule has 0 saturated carbocycles. The van der Waals surface area contributed by atoms with Gasteiger partial charge in [-0.05, 0) is 76.4 Å². The molecule has 0 bridgehead atoms. The van der Waals surface area contributed by atoms with E-state index in [1.165, 1.54) is 4.90 Å². The molecule has 0 aromatic carbocycles. The summed E-state index contributed by atoms with van der Waals surface area (Å²) >= 11 is 0. The molecule has 13 nitrogen and oxygen atoms in total. The number of fused-ring (bicyclic) bond motifs is 1. The number of carbonyl (C=O) groups is 1. The number of hydrogen-bond donors (Lipinski definition) is 0. The molecule has 6 atom stereocenters. The molecule has 16 heteroatoms. The molecule has 0 spiro atoms. The van der Waals surface area contributed by atoms with Crippen molar-refractivity contribution in [2.45, 2.75) is 167 Å². The SMILES string of the molecule is CC(C)(C)OC(=O)N1[C@@H]([C@H](C[C@@H](CO[Si](C)(C)C(C)(C)C)OS(C)(=O)=O)O[Si](C)(C)C(C)(C)C)[C@H]2OC(C)(C)O[C@H]2[C@@H]1CN=[N+]=[N-]. The minimum atomic E-state index is -3.91. The monoisotopic (exact) mass is 708 g/mol. The maximum absolute atomic E-state index is 14.1. The van der Waals surface area contributed by atoms with Crippen molar-refractivity contribution in [3.63, 3.8) is 0 Å². The Morgan fingerprint density at radius 2 is 1.50 bits per heavy atom. The van der Waals surface area contributed by atoms with E-state index in [2.05, 4.69) is 77.8 Å². The number of rotatable bonds is 12. The van der Waals surface area contributed by atoms with Gasteiger partial charge in [-0.2, -0.15) is 8.42 Å². The zero-order valence-electron chi connectivity index (χ0n) is 31.0. The van der Waals surface area contributed by atoms with Crippen molar-refractivity contribution in [1.82, 2.24) is 4.90 Å². The smallest absolute Gasteiger partial charge is 0.411 e. The Kier molecular flexibility index (Phi) is 12.4. The van der Waals surface area contributed by atoms with Crippen LogP contribution in [-0.2, 0) is 37.4 Å². The van der Waals surface area contributed by atoms with Gasteiger partial charge in [0.2, 0.25) is 0 Å². The molecular formula is C30H60N4O9SSi2. The Morgan fingerprint density at radius 1 is 0.978 bits per heavy atom. The average Bonchev–Trinajstić information content (AvgIpc) is 3.27. The molecule has 0 radical (unpaired) electrons. The number of azide groups is 1. The average molecular weight is 709 g/mol. The molecule has 2 saturated heterocycles. The highest BCUT2D eigenvalue weighted by Gasteiger charge is 2.62. The normalized spacial score (nSPS) is 25.5. The van der Waals surface area contributed by atoms with Gasteiger partial charge in [0.05, 0.1) is 31.1 Å². The summed E-state index contributed by atoms with van der Waals surface area (Å²) in [5.41, 5.74) is 8.42. The van der Waals surface area contributed by atoms with E-state index in [1.54, 1.807) is 34.6 Å². The van der Waals surface area contributed by atoms with Crippen LogP contribution in [0.2, 0.25) is 36.3 Å². The largest absolute Gasteiger partial charge is 0.444 e. The standard InChI is InChI=1S/C30H60N4O9SSi2/c1-27(2,3)41-26(35)34-21(18-32-33-31)24-25(40-30(10,11)39-24)23(34)22(43-46(15,16)29(7,8)9)17-20(42-44(12,36)37)19-38-45(13,14)28(4,5)6/h20-25H,17-19H2,1-16H3/t20-,21-,22-,23-,24-,25+/m0/s1. The lowest BCUT2D eigenvalue weighted by atomic mass is 9.99. The number of likely N-dealkylation sites (tertiary alicyclic amines) is 1. The Hall–Kier alpha value is -1.24. The van der Waals surface area contributed by atoms with Crippen molar-refractivity contribution in [2.24, 2.45) is 5.11 Å². The molecule has 0 N–H and O–H groups in total. The van der Waals surface area contributed by atoms with Crippen LogP contribution in [0.25, 0.3) is 10.4 Å².